The van der Waals surface area contributed by atoms with Crippen LogP contribution in [0.15, 0.2) is 60.7 Å². The van der Waals surface area contributed by atoms with Crippen LogP contribution in [0.2, 0.25) is 0 Å². The van der Waals surface area contributed by atoms with Crippen molar-refractivity contribution in [1.29, 1.82) is 5.26 Å². The molecular weight excluding hydrogens is 390 g/mol. The summed E-state index contributed by atoms with van der Waals surface area (Å²) in [6, 6.07) is 15.0. The van der Waals surface area contributed by atoms with Crippen molar-refractivity contribution in [2.24, 2.45) is 0 Å². The van der Waals surface area contributed by atoms with Crippen molar-refractivity contribution < 1.29 is 29.4 Å². The molecule has 2 amide bonds. The third-order valence-corrected chi connectivity index (χ3v) is 3.85. The molecule has 0 fully saturated rings. The molecule has 30 heavy (non-hydrogen) atoms. The van der Waals surface area contributed by atoms with E-state index in [-0.39, 0.29) is 19.6 Å². The first kappa shape index (κ1) is 22.4. The number of nitrogens with zero attached hydrogens (tertiary/aromatic N) is 1. The highest BCUT2D eigenvalue weighted by Crippen LogP contribution is 2.25. The molecule has 2 rings (SSSR count). The molecule has 0 aliphatic carbocycles. The second kappa shape index (κ2) is 11.9. The number of nitrogens with one attached hydrogen (secondary N) is 2. The van der Waals surface area contributed by atoms with E-state index in [2.05, 4.69) is 5.32 Å². The summed E-state index contributed by atoms with van der Waals surface area (Å²) in [5.41, 5.74) is 3.05. The fraction of sp³-hybridized carbons (Fsp3) is 0.190. The molecule has 156 valence electrons. The predicted molar refractivity (Wildman–Crippen MR) is 107 cm³/mol. The van der Waals surface area contributed by atoms with Crippen molar-refractivity contribution >= 4 is 17.7 Å². The molecule has 1 atom stereocenters. The number of carbonyl (C=O) groups is 2. The molecule has 0 aliphatic heterocycles. The van der Waals surface area contributed by atoms with Gasteiger partial charge in [-0.25, -0.2) is 10.3 Å². The van der Waals surface area contributed by atoms with E-state index < -0.39 is 18.1 Å². The number of carbonyl (C=O) groups excluding carboxylic acids is 2. The molecule has 0 aliphatic rings. The van der Waals surface area contributed by atoms with Crippen LogP contribution in [0.1, 0.15) is 23.7 Å². The number of ether oxygens (including phenoxy) is 2. The Morgan fingerprint density at radius 1 is 1.13 bits per heavy atom. The van der Waals surface area contributed by atoms with Crippen LogP contribution in [0, 0.1) is 11.3 Å². The minimum absolute atomic E-state index is 0.110. The molecule has 0 saturated heterocycles. The van der Waals surface area contributed by atoms with Crippen LogP contribution in [0.4, 0.5) is 10.5 Å². The molecule has 0 spiro atoms. The molecule has 0 radical (unpaired) electrons. The van der Waals surface area contributed by atoms with Crippen molar-refractivity contribution in [3.8, 4) is 11.8 Å². The Morgan fingerprint density at radius 3 is 2.43 bits per heavy atom. The zero-order valence-corrected chi connectivity index (χ0v) is 15.9. The van der Waals surface area contributed by atoms with E-state index in [4.69, 9.17) is 25.0 Å². The third-order valence-electron chi connectivity index (χ3n) is 3.85. The summed E-state index contributed by atoms with van der Waals surface area (Å²) in [4.78, 5) is 23.5. The first-order valence-corrected chi connectivity index (χ1v) is 8.97. The zero-order valence-electron chi connectivity index (χ0n) is 15.9. The van der Waals surface area contributed by atoms with E-state index >= 15 is 0 Å². The lowest BCUT2D eigenvalue weighted by Gasteiger charge is -2.18. The van der Waals surface area contributed by atoms with Crippen molar-refractivity contribution in [1.82, 2.24) is 5.48 Å². The largest absolute Gasteiger partial charge is 0.491 e. The number of hydrogen-bond acceptors (Lipinski definition) is 7. The molecule has 0 heterocycles. The van der Waals surface area contributed by atoms with E-state index in [0.717, 1.165) is 6.08 Å². The van der Waals surface area contributed by atoms with Gasteiger partial charge in [-0.2, -0.15) is 5.26 Å². The third kappa shape index (κ3) is 7.27. The Kier molecular flexibility index (Phi) is 8.86. The van der Waals surface area contributed by atoms with Crippen LogP contribution in [-0.2, 0) is 9.53 Å². The van der Waals surface area contributed by atoms with Crippen molar-refractivity contribution in [3.63, 3.8) is 0 Å². The lowest BCUT2D eigenvalue weighted by atomic mass is 10.1. The van der Waals surface area contributed by atoms with Gasteiger partial charge in [-0.3, -0.25) is 15.3 Å². The van der Waals surface area contributed by atoms with Crippen LogP contribution in [0.5, 0.6) is 5.75 Å². The predicted octanol–water partition coefficient (Wildman–Crippen LogP) is 2.67. The van der Waals surface area contributed by atoms with Gasteiger partial charge in [0.1, 0.15) is 18.5 Å². The summed E-state index contributed by atoms with van der Waals surface area (Å²) in [5, 5.41) is 28.8. The van der Waals surface area contributed by atoms with Gasteiger partial charge in [-0.1, -0.05) is 18.2 Å². The summed E-state index contributed by atoms with van der Waals surface area (Å²) in [6.45, 7) is 0.0476. The quantitative estimate of drug-likeness (QED) is 0.282. The summed E-state index contributed by atoms with van der Waals surface area (Å²) in [5.74, 6) is -0.160. The van der Waals surface area contributed by atoms with E-state index in [1.165, 1.54) is 11.6 Å². The Balaban J connectivity index is 2.09. The molecule has 2 aromatic carbocycles. The number of hydroxylamine groups is 1. The minimum Gasteiger partial charge on any atom is -0.491 e. The standard InChI is InChI=1S/C21H21N3O6/c22-14-15-4-8-17(9-5-15)23-21(27)30-19(2-1-3-20(26)24-28)16-6-10-18(11-7-16)29-13-12-25/h1,3-11,19,25,28H,2,12-13H2,(H,23,27)(H,24,26)/b3-1+/t19-/m1/s1. The van der Waals surface area contributed by atoms with E-state index in [9.17, 15) is 9.59 Å². The van der Waals surface area contributed by atoms with Gasteiger partial charge in [0.25, 0.3) is 5.91 Å². The summed E-state index contributed by atoms with van der Waals surface area (Å²) in [6.07, 6.45) is 1.31. The lowest BCUT2D eigenvalue weighted by Crippen LogP contribution is -2.18. The highest BCUT2D eigenvalue weighted by molar-refractivity contribution is 5.86. The highest BCUT2D eigenvalue weighted by atomic mass is 16.6. The lowest BCUT2D eigenvalue weighted by molar-refractivity contribution is -0.124. The Hall–Kier alpha value is -3.87. The van der Waals surface area contributed by atoms with Gasteiger partial charge in [0.15, 0.2) is 0 Å². The molecule has 0 unspecified atom stereocenters. The molecular formula is C21H21N3O6. The van der Waals surface area contributed by atoms with E-state index in [0.29, 0.717) is 22.6 Å². The number of aliphatic hydroxyl groups excluding tert-OH is 1. The number of hydrogen-bond donors (Lipinski definition) is 4. The topological polar surface area (TPSA) is 141 Å². The van der Waals surface area contributed by atoms with Gasteiger partial charge in [-0.05, 0) is 42.0 Å². The summed E-state index contributed by atoms with van der Waals surface area (Å²) >= 11 is 0. The SMILES string of the molecule is N#Cc1ccc(NC(=O)O[C@H](C/C=C/C(=O)NO)c2ccc(OCCO)cc2)cc1. The summed E-state index contributed by atoms with van der Waals surface area (Å²) in [7, 11) is 0. The van der Waals surface area contributed by atoms with Gasteiger partial charge in [0.05, 0.1) is 18.2 Å². The number of rotatable bonds is 9. The maximum Gasteiger partial charge on any atom is 0.412 e. The molecule has 2 aromatic rings. The average Bonchev–Trinajstić information content (AvgIpc) is 2.77. The zero-order chi connectivity index (χ0) is 21.8. The maximum absolute atomic E-state index is 12.3. The first-order chi connectivity index (χ1) is 14.5. The van der Waals surface area contributed by atoms with Gasteiger partial charge >= 0.3 is 6.09 Å². The van der Waals surface area contributed by atoms with Crippen molar-refractivity contribution in [2.75, 3.05) is 18.5 Å². The van der Waals surface area contributed by atoms with Gasteiger partial charge in [0, 0.05) is 18.2 Å². The van der Waals surface area contributed by atoms with Gasteiger partial charge in [-0.15, -0.1) is 0 Å². The van der Waals surface area contributed by atoms with Gasteiger partial charge in [0.2, 0.25) is 0 Å². The van der Waals surface area contributed by atoms with Gasteiger partial charge < -0.3 is 14.6 Å². The molecule has 0 aromatic heterocycles. The maximum atomic E-state index is 12.3. The van der Waals surface area contributed by atoms with E-state index in [1.54, 1.807) is 48.5 Å². The Bertz CT molecular complexity index is 904. The van der Waals surface area contributed by atoms with Crippen molar-refractivity contribution in [3.05, 3.63) is 71.8 Å². The van der Waals surface area contributed by atoms with Crippen LogP contribution in [-0.4, -0.2) is 35.5 Å². The number of amides is 2. The molecule has 9 heteroatoms. The van der Waals surface area contributed by atoms with Crippen LogP contribution >= 0.6 is 0 Å². The van der Waals surface area contributed by atoms with Crippen molar-refractivity contribution in [2.45, 2.75) is 12.5 Å². The number of aliphatic hydroxyl groups is 1. The van der Waals surface area contributed by atoms with E-state index in [1.807, 2.05) is 6.07 Å². The smallest absolute Gasteiger partial charge is 0.412 e. The number of nitriles is 1. The molecule has 0 saturated carbocycles. The molecule has 4 N–H and O–H groups in total. The Morgan fingerprint density at radius 2 is 1.83 bits per heavy atom. The number of anilines is 1. The normalized spacial score (nSPS) is 11.4. The highest BCUT2D eigenvalue weighted by Gasteiger charge is 2.16. The second-order valence-electron chi connectivity index (χ2n) is 5.96. The first-order valence-electron chi connectivity index (χ1n) is 8.97. The molecule has 9 nitrogen and oxygen atoms in total. The fourth-order valence-electron chi connectivity index (χ4n) is 2.43. The summed E-state index contributed by atoms with van der Waals surface area (Å²) < 4.78 is 10.8. The monoisotopic (exact) mass is 411 g/mol. The molecule has 0 bridgehead atoms. The van der Waals surface area contributed by atoms with Crippen LogP contribution < -0.4 is 15.5 Å². The number of benzene rings is 2. The fourth-order valence-corrected chi connectivity index (χ4v) is 2.43. The second-order valence-corrected chi connectivity index (χ2v) is 5.96. The van der Waals surface area contributed by atoms with Crippen LogP contribution in [0.3, 0.4) is 0 Å². The van der Waals surface area contributed by atoms with Crippen LogP contribution in [0.25, 0.3) is 0 Å². The minimum atomic E-state index is -0.724. The Labute approximate surface area is 173 Å². The average molecular weight is 411 g/mol.